The fourth-order valence-corrected chi connectivity index (χ4v) is 1.67. The van der Waals surface area contributed by atoms with Crippen LogP contribution in [0.25, 0.3) is 0 Å². The molecule has 0 saturated heterocycles. The number of amides is 1. The van der Waals surface area contributed by atoms with Crippen LogP contribution in [0.4, 0.5) is 5.69 Å². The molecule has 0 bridgehead atoms. The van der Waals surface area contributed by atoms with Gasteiger partial charge in [-0.1, -0.05) is 11.6 Å². The van der Waals surface area contributed by atoms with Gasteiger partial charge in [0.15, 0.2) is 11.5 Å². The number of carbonyl (C=O) groups excluding carboxylic acids is 1. The minimum absolute atomic E-state index is 0.0971. The Bertz CT molecular complexity index is 437. The van der Waals surface area contributed by atoms with Crippen molar-refractivity contribution >= 4 is 23.2 Å². The molecule has 1 aromatic carbocycles. The van der Waals surface area contributed by atoms with E-state index < -0.39 is 0 Å². The van der Waals surface area contributed by atoms with Crippen LogP contribution in [0.5, 0.6) is 11.5 Å². The average molecular weight is 257 g/mol. The molecule has 1 aliphatic heterocycles. The Balaban J connectivity index is 2.08. The topological polar surface area (TPSA) is 59.6 Å². The zero-order valence-corrected chi connectivity index (χ0v) is 10.1. The first-order chi connectivity index (χ1) is 8.20. The van der Waals surface area contributed by atoms with E-state index in [0.29, 0.717) is 35.2 Å². The molecule has 1 heterocycles. The molecule has 0 radical (unpaired) electrons. The summed E-state index contributed by atoms with van der Waals surface area (Å²) in [7, 11) is 1.79. The fraction of sp³-hybridized carbons (Fsp3) is 0.364. The van der Waals surface area contributed by atoms with Gasteiger partial charge in [-0.3, -0.25) is 4.79 Å². The van der Waals surface area contributed by atoms with E-state index in [4.69, 9.17) is 21.1 Å². The summed E-state index contributed by atoms with van der Waals surface area (Å²) in [5.74, 6) is 1.10. The van der Waals surface area contributed by atoms with E-state index in [1.54, 1.807) is 19.2 Å². The van der Waals surface area contributed by atoms with E-state index in [-0.39, 0.29) is 12.7 Å². The van der Waals surface area contributed by atoms with Gasteiger partial charge in [-0.05, 0) is 7.05 Å². The molecule has 2 N–H and O–H groups in total. The molecule has 1 amide bonds. The normalized spacial score (nSPS) is 12.6. The third-order valence-electron chi connectivity index (χ3n) is 2.34. The summed E-state index contributed by atoms with van der Waals surface area (Å²) in [5.41, 5.74) is 0.539. The van der Waals surface area contributed by atoms with Crippen molar-refractivity contribution in [2.75, 3.05) is 25.7 Å². The lowest BCUT2D eigenvalue weighted by Crippen LogP contribution is -2.18. The molecule has 1 aliphatic rings. The van der Waals surface area contributed by atoms with Gasteiger partial charge < -0.3 is 20.1 Å². The number of fused-ring (bicyclic) bond motifs is 1. The Kier molecular flexibility index (Phi) is 3.71. The van der Waals surface area contributed by atoms with Crippen LogP contribution >= 0.6 is 11.6 Å². The van der Waals surface area contributed by atoms with Crippen molar-refractivity contribution in [3.8, 4) is 11.5 Å². The lowest BCUT2D eigenvalue weighted by Gasteiger charge is -2.08. The largest absolute Gasteiger partial charge is 0.454 e. The molecule has 0 unspecified atom stereocenters. The number of hydrogen-bond donors (Lipinski definition) is 2. The molecule has 6 heteroatoms. The predicted octanol–water partition coefficient (Wildman–Crippen LogP) is 1.62. The fourth-order valence-electron chi connectivity index (χ4n) is 1.46. The number of halogens is 1. The van der Waals surface area contributed by atoms with Crippen LogP contribution in [0, 0.1) is 0 Å². The van der Waals surface area contributed by atoms with E-state index >= 15 is 0 Å². The second-order valence-electron chi connectivity index (χ2n) is 3.59. The molecule has 0 spiro atoms. The summed E-state index contributed by atoms with van der Waals surface area (Å²) in [6.07, 6.45) is 0.390. The minimum atomic E-state index is -0.0971. The Morgan fingerprint density at radius 1 is 1.41 bits per heavy atom. The van der Waals surface area contributed by atoms with Crippen LogP contribution in [0.15, 0.2) is 12.1 Å². The van der Waals surface area contributed by atoms with Crippen molar-refractivity contribution < 1.29 is 14.3 Å². The summed E-state index contributed by atoms with van der Waals surface area (Å²) in [6, 6.07) is 3.31. The molecule has 17 heavy (non-hydrogen) atoms. The van der Waals surface area contributed by atoms with Crippen molar-refractivity contribution in [2.45, 2.75) is 6.42 Å². The molecule has 0 aromatic heterocycles. The summed E-state index contributed by atoms with van der Waals surface area (Å²) in [5, 5.41) is 6.07. The van der Waals surface area contributed by atoms with E-state index in [9.17, 15) is 4.79 Å². The third kappa shape index (κ3) is 2.81. The van der Waals surface area contributed by atoms with Crippen molar-refractivity contribution in [3.05, 3.63) is 17.2 Å². The van der Waals surface area contributed by atoms with E-state index in [2.05, 4.69) is 10.6 Å². The highest BCUT2D eigenvalue weighted by Gasteiger charge is 2.17. The van der Waals surface area contributed by atoms with Crippen LogP contribution in [-0.4, -0.2) is 26.3 Å². The molecule has 0 saturated carbocycles. The summed E-state index contributed by atoms with van der Waals surface area (Å²) in [6.45, 7) is 0.802. The van der Waals surface area contributed by atoms with Gasteiger partial charge in [-0.2, -0.15) is 0 Å². The first-order valence-corrected chi connectivity index (χ1v) is 5.62. The SMILES string of the molecule is CNCCC(=O)Nc1cc2c(cc1Cl)OCO2. The van der Waals surface area contributed by atoms with Crippen LogP contribution < -0.4 is 20.1 Å². The van der Waals surface area contributed by atoms with Gasteiger partial charge in [0.1, 0.15) is 0 Å². The number of hydrogen-bond acceptors (Lipinski definition) is 4. The molecule has 2 rings (SSSR count). The number of nitrogens with one attached hydrogen (secondary N) is 2. The number of anilines is 1. The quantitative estimate of drug-likeness (QED) is 0.859. The van der Waals surface area contributed by atoms with E-state index in [1.807, 2.05) is 0 Å². The molecular weight excluding hydrogens is 244 g/mol. The molecule has 92 valence electrons. The third-order valence-corrected chi connectivity index (χ3v) is 2.65. The van der Waals surface area contributed by atoms with Gasteiger partial charge in [0.25, 0.3) is 0 Å². The highest BCUT2D eigenvalue weighted by atomic mass is 35.5. The van der Waals surface area contributed by atoms with Crippen LogP contribution in [0.1, 0.15) is 6.42 Å². The van der Waals surface area contributed by atoms with E-state index in [1.165, 1.54) is 0 Å². The number of carbonyl (C=O) groups is 1. The van der Waals surface area contributed by atoms with Gasteiger partial charge in [0.05, 0.1) is 10.7 Å². The van der Waals surface area contributed by atoms with Crippen molar-refractivity contribution in [1.82, 2.24) is 5.32 Å². The first kappa shape index (κ1) is 12.0. The zero-order chi connectivity index (χ0) is 12.3. The maximum absolute atomic E-state index is 11.5. The maximum Gasteiger partial charge on any atom is 0.231 e. The molecule has 0 atom stereocenters. The molecule has 0 aliphatic carbocycles. The van der Waals surface area contributed by atoms with Gasteiger partial charge >= 0.3 is 0 Å². The average Bonchev–Trinajstić information content (AvgIpc) is 2.74. The standard InChI is InChI=1S/C11H13ClN2O3/c1-13-3-2-11(15)14-8-5-10-9(4-7(8)12)16-6-17-10/h4-5,13H,2-3,6H2,1H3,(H,14,15). The number of ether oxygens (including phenoxy) is 2. The molecule has 5 nitrogen and oxygen atoms in total. The van der Waals surface area contributed by atoms with Crippen molar-refractivity contribution in [1.29, 1.82) is 0 Å². The van der Waals surface area contributed by atoms with Gasteiger partial charge in [-0.15, -0.1) is 0 Å². The molecule has 0 fully saturated rings. The monoisotopic (exact) mass is 256 g/mol. The lowest BCUT2D eigenvalue weighted by atomic mass is 10.2. The Labute approximate surface area is 104 Å². The highest BCUT2D eigenvalue weighted by molar-refractivity contribution is 6.34. The Hall–Kier alpha value is -1.46. The van der Waals surface area contributed by atoms with Crippen LogP contribution in [0.2, 0.25) is 5.02 Å². The minimum Gasteiger partial charge on any atom is -0.454 e. The van der Waals surface area contributed by atoms with E-state index in [0.717, 1.165) is 0 Å². The first-order valence-electron chi connectivity index (χ1n) is 5.24. The van der Waals surface area contributed by atoms with Gasteiger partial charge in [0, 0.05) is 25.1 Å². The number of benzene rings is 1. The highest BCUT2D eigenvalue weighted by Crippen LogP contribution is 2.39. The predicted molar refractivity (Wildman–Crippen MR) is 64.7 cm³/mol. The maximum atomic E-state index is 11.5. The summed E-state index contributed by atoms with van der Waals surface area (Å²) < 4.78 is 10.4. The molecule has 1 aromatic rings. The zero-order valence-electron chi connectivity index (χ0n) is 9.38. The number of rotatable bonds is 4. The lowest BCUT2D eigenvalue weighted by molar-refractivity contribution is -0.116. The Morgan fingerprint density at radius 3 is 2.82 bits per heavy atom. The smallest absolute Gasteiger partial charge is 0.231 e. The molecular formula is C11H13ClN2O3. The summed E-state index contributed by atoms with van der Waals surface area (Å²) in [4.78, 5) is 11.5. The second kappa shape index (κ2) is 5.25. The van der Waals surface area contributed by atoms with Crippen LogP contribution in [-0.2, 0) is 4.79 Å². The van der Waals surface area contributed by atoms with Crippen molar-refractivity contribution in [3.63, 3.8) is 0 Å². The van der Waals surface area contributed by atoms with Gasteiger partial charge in [0.2, 0.25) is 12.7 Å². The van der Waals surface area contributed by atoms with Crippen molar-refractivity contribution in [2.24, 2.45) is 0 Å². The van der Waals surface area contributed by atoms with Crippen LogP contribution in [0.3, 0.4) is 0 Å². The second-order valence-corrected chi connectivity index (χ2v) is 3.99. The summed E-state index contributed by atoms with van der Waals surface area (Å²) >= 11 is 6.02. The Morgan fingerprint density at radius 2 is 2.12 bits per heavy atom. The van der Waals surface area contributed by atoms with Gasteiger partial charge in [-0.25, -0.2) is 0 Å².